The lowest BCUT2D eigenvalue weighted by Crippen LogP contribution is -3.04. The molecule has 1 saturated carbocycles. The van der Waals surface area contributed by atoms with Crippen LogP contribution in [-0.2, 0) is 30.4 Å². The highest BCUT2D eigenvalue weighted by molar-refractivity contribution is 5.90. The number of benzene rings is 2. The fourth-order valence-electron chi connectivity index (χ4n) is 8.49. The summed E-state index contributed by atoms with van der Waals surface area (Å²) in [5, 5.41) is 41.2. The van der Waals surface area contributed by atoms with Crippen LogP contribution in [0.4, 0.5) is 0 Å². The highest BCUT2D eigenvalue weighted by Gasteiger charge is 2.58. The molecule has 16 heteroatoms. The Morgan fingerprint density at radius 3 is 2.57 bits per heavy atom. The smallest absolute Gasteiger partial charge is 0.317 e. The summed E-state index contributed by atoms with van der Waals surface area (Å²) in [6, 6.07) is 7.25. The van der Waals surface area contributed by atoms with Gasteiger partial charge in [0.1, 0.15) is 91.4 Å². The van der Waals surface area contributed by atoms with Crippen molar-refractivity contribution in [2.45, 2.75) is 87.0 Å². The van der Waals surface area contributed by atoms with Gasteiger partial charge in [0.25, 0.3) is 0 Å². The highest BCUT2D eigenvalue weighted by atomic mass is 16.7. The number of ketones is 1. The van der Waals surface area contributed by atoms with Crippen LogP contribution < -0.4 is 28.6 Å². The molecular formula is C38H41N2O14+. The maximum absolute atomic E-state index is 12.6. The van der Waals surface area contributed by atoms with Gasteiger partial charge in [-0.25, -0.2) is 0 Å². The number of nitrogens with zero attached hydrogens (tertiary/aromatic N) is 1. The minimum absolute atomic E-state index is 0.149. The number of carboxylic acid groups (broad SMARTS) is 1. The van der Waals surface area contributed by atoms with Crippen molar-refractivity contribution in [2.24, 2.45) is 4.99 Å². The highest BCUT2D eigenvalue weighted by Crippen LogP contribution is 2.64. The molecule has 6 aliphatic rings. The topological polar surface area (TPSA) is 214 Å². The number of nitrogens with one attached hydrogen (secondary N) is 1. The van der Waals surface area contributed by atoms with Crippen molar-refractivity contribution in [3.8, 4) is 28.7 Å². The van der Waals surface area contributed by atoms with Gasteiger partial charge in [0.05, 0.1) is 20.1 Å². The quantitative estimate of drug-likeness (QED) is 0.167. The van der Waals surface area contributed by atoms with Crippen molar-refractivity contribution in [3.63, 3.8) is 0 Å². The van der Waals surface area contributed by atoms with E-state index in [1.54, 1.807) is 32.6 Å². The number of carboxylic acids is 1. The second kappa shape index (κ2) is 14.0. The van der Waals surface area contributed by atoms with Gasteiger partial charge < -0.3 is 53.6 Å². The normalized spacial score (nSPS) is 29.8. The number of methoxy groups -OCH3 is 2. The van der Waals surface area contributed by atoms with Crippen LogP contribution in [0, 0.1) is 0 Å². The number of hydrogen-bond donors (Lipinski definition) is 5. The summed E-state index contributed by atoms with van der Waals surface area (Å²) in [4.78, 5) is 41.0. The van der Waals surface area contributed by atoms with Gasteiger partial charge in [0, 0.05) is 47.4 Å². The Hall–Kier alpha value is -5.00. The number of rotatable bonds is 10. The third-order valence-corrected chi connectivity index (χ3v) is 11.1. The molecule has 0 aromatic heterocycles. The molecule has 5 heterocycles. The number of ether oxygens (including phenoxy) is 7. The van der Waals surface area contributed by atoms with Crippen LogP contribution in [0.2, 0.25) is 0 Å². The number of hydrogen-bond acceptors (Lipinski definition) is 14. The maximum atomic E-state index is 12.6. The van der Waals surface area contributed by atoms with E-state index >= 15 is 0 Å². The van der Waals surface area contributed by atoms with Crippen molar-refractivity contribution in [1.82, 2.24) is 0 Å². The van der Waals surface area contributed by atoms with Crippen LogP contribution >= 0.6 is 0 Å². The average Bonchev–Trinajstić information content (AvgIpc) is 3.86. The molecular weight excluding hydrogens is 708 g/mol. The molecule has 1 unspecified atom stereocenters. The molecule has 54 heavy (non-hydrogen) atoms. The summed E-state index contributed by atoms with van der Waals surface area (Å²) in [5.41, 5.74) is 3.62. The standard InChI is InChI=1S/C38H40N2O14/c1-48-24-4-3-22-30-36(53-34(22)35(24)49-2)29-19(15-40-14-18-7-10-39-23(18)16-40)11-21(12-25(29)54-38(30)8-5-20(41)6-9-38)51-37-33(47)32(46)31(45)26(52-37)17-50-28(44)13-27(42)43/h3-4,7,10-12,16,26,30-33,36-37,45-47H,5-6,8-9,13-15,17H2,1-2H3,(H,42,43)/p+1/t26-,30+,31-,32+,33-,36+,37-/m1/s1. The number of allylic oxidation sites excluding steroid dienone is 1. The monoisotopic (exact) mass is 749 g/mol. The summed E-state index contributed by atoms with van der Waals surface area (Å²) in [6.45, 7) is 0.530. The fourth-order valence-corrected chi connectivity index (χ4v) is 8.49. The number of esters is 1. The summed E-state index contributed by atoms with van der Waals surface area (Å²) < 4.78 is 42.3. The van der Waals surface area contributed by atoms with Crippen LogP contribution in [0.25, 0.3) is 0 Å². The van der Waals surface area contributed by atoms with Gasteiger partial charge in [-0.3, -0.25) is 24.3 Å². The second-order valence-electron chi connectivity index (χ2n) is 14.3. The number of aliphatic hydroxyl groups excluding tert-OH is 3. The number of fused-ring (bicyclic) bond motifs is 7. The zero-order chi connectivity index (χ0) is 37.9. The molecule has 2 aromatic rings. The lowest BCUT2D eigenvalue weighted by Gasteiger charge is -2.48. The second-order valence-corrected chi connectivity index (χ2v) is 14.3. The largest absolute Gasteiger partial charge is 0.493 e. The third kappa shape index (κ3) is 6.26. The van der Waals surface area contributed by atoms with E-state index in [0.29, 0.717) is 61.8 Å². The van der Waals surface area contributed by atoms with E-state index in [1.165, 1.54) is 0 Å². The molecule has 16 nitrogen and oxygen atoms in total. The molecule has 0 bridgehead atoms. The zero-order valence-electron chi connectivity index (χ0n) is 29.6. The van der Waals surface area contributed by atoms with Gasteiger partial charge in [0.2, 0.25) is 12.0 Å². The Labute approximate surface area is 309 Å². The van der Waals surface area contributed by atoms with Gasteiger partial charge in [-0.1, -0.05) is 6.07 Å². The lowest BCUT2D eigenvalue weighted by atomic mass is 9.67. The van der Waals surface area contributed by atoms with Gasteiger partial charge in [-0.15, -0.1) is 0 Å². The van der Waals surface area contributed by atoms with Crippen LogP contribution in [0.3, 0.4) is 0 Å². The van der Waals surface area contributed by atoms with E-state index in [-0.39, 0.29) is 17.5 Å². The first kappa shape index (κ1) is 36.0. The number of carbonyl (C=O) groups is 3. The van der Waals surface area contributed by atoms with Crippen LogP contribution in [0.5, 0.6) is 28.7 Å². The molecule has 5 N–H and O–H groups in total. The number of aliphatic carboxylic acids is 1. The molecule has 2 fully saturated rings. The van der Waals surface area contributed by atoms with Crippen molar-refractivity contribution in [2.75, 3.05) is 27.4 Å². The van der Waals surface area contributed by atoms with E-state index in [2.05, 4.69) is 4.99 Å². The minimum atomic E-state index is -1.75. The SMILES string of the molecule is COc1ccc2c(c1OC)O[C@H]1c3c(C[NH+]4C=C5N=CC=C5C4)cc(O[C@@H]4O[C@H](COC(=O)CC(=O)O)[C@@H](O)[C@H](O)[C@H]4O)cc3OC3(CCC(=O)CC3)[C@@H]21. The van der Waals surface area contributed by atoms with Crippen molar-refractivity contribution >= 4 is 23.9 Å². The third-order valence-electron chi connectivity index (χ3n) is 11.1. The van der Waals surface area contributed by atoms with Crippen molar-refractivity contribution in [3.05, 3.63) is 64.5 Å². The molecule has 8 rings (SSSR count). The molecule has 286 valence electrons. The zero-order valence-corrected chi connectivity index (χ0v) is 29.6. The molecule has 5 aliphatic heterocycles. The number of Topliss-reactive ketones (excluding diaryl/α,β-unsaturated/α-hetero) is 1. The molecule has 0 amide bonds. The predicted molar refractivity (Wildman–Crippen MR) is 184 cm³/mol. The minimum Gasteiger partial charge on any atom is -0.493 e. The maximum Gasteiger partial charge on any atom is 0.317 e. The predicted octanol–water partition coefficient (Wildman–Crippen LogP) is 0.650. The van der Waals surface area contributed by atoms with Gasteiger partial charge >= 0.3 is 11.9 Å². The Balaban J connectivity index is 1.18. The summed E-state index contributed by atoms with van der Waals surface area (Å²) >= 11 is 0. The van der Waals surface area contributed by atoms with Gasteiger partial charge in [-0.05, 0) is 31.1 Å². The number of carbonyl (C=O) groups excluding carboxylic acids is 2. The first-order chi connectivity index (χ1) is 26.0. The number of aliphatic hydroxyl groups is 3. The first-order valence-corrected chi connectivity index (χ1v) is 17.8. The Morgan fingerprint density at radius 1 is 1.06 bits per heavy atom. The van der Waals surface area contributed by atoms with Crippen LogP contribution in [0.15, 0.2) is 52.8 Å². The molecule has 1 saturated heterocycles. The van der Waals surface area contributed by atoms with Gasteiger partial charge in [0.15, 0.2) is 11.5 Å². The summed E-state index contributed by atoms with van der Waals surface area (Å²) in [6.07, 6.45) is -2.17. The Bertz CT molecular complexity index is 1960. The van der Waals surface area contributed by atoms with Crippen molar-refractivity contribution in [1.29, 1.82) is 0 Å². The van der Waals surface area contributed by atoms with E-state index in [1.807, 2.05) is 24.4 Å². The molecule has 0 radical (unpaired) electrons. The molecule has 2 aromatic carbocycles. The van der Waals surface area contributed by atoms with Gasteiger partial charge in [-0.2, -0.15) is 0 Å². The van der Waals surface area contributed by atoms with E-state index in [9.17, 15) is 29.7 Å². The van der Waals surface area contributed by atoms with Crippen molar-refractivity contribution < 1.29 is 72.9 Å². The fraction of sp³-hybridized carbons (Fsp3) is 0.474. The van der Waals surface area contributed by atoms with Crippen LogP contribution in [-0.4, -0.2) is 108 Å². The molecule has 1 aliphatic carbocycles. The first-order valence-electron chi connectivity index (χ1n) is 17.8. The van der Waals surface area contributed by atoms with E-state index in [0.717, 1.165) is 32.9 Å². The van der Waals surface area contributed by atoms with E-state index in [4.69, 9.17) is 38.3 Å². The number of quaternary nitrogens is 1. The average molecular weight is 750 g/mol. The Kier molecular flexibility index (Phi) is 9.34. The summed E-state index contributed by atoms with van der Waals surface area (Å²) in [5.74, 6) is -0.464. The summed E-state index contributed by atoms with van der Waals surface area (Å²) in [7, 11) is 3.11. The Morgan fingerprint density at radius 2 is 1.85 bits per heavy atom. The molecule has 8 atom stereocenters. The molecule has 1 spiro atoms. The van der Waals surface area contributed by atoms with Crippen LogP contribution in [0.1, 0.15) is 60.8 Å². The van der Waals surface area contributed by atoms with E-state index < -0.39 is 67.4 Å². The lowest BCUT2D eigenvalue weighted by molar-refractivity contribution is -0.851. The number of aliphatic imine (C=N–C) groups is 1.